The van der Waals surface area contributed by atoms with Gasteiger partial charge in [-0.1, -0.05) is 13.3 Å². The lowest BCUT2D eigenvalue weighted by atomic mass is 9.96. The SMILES string of the molecule is BC(=O)N[C@](C)(C=O)CCC. The number of amides is 1. The van der Waals surface area contributed by atoms with Crippen LogP contribution in [-0.4, -0.2) is 25.5 Å². The molecule has 11 heavy (non-hydrogen) atoms. The molecule has 0 fully saturated rings. The molecule has 0 spiro atoms. The van der Waals surface area contributed by atoms with Gasteiger partial charge in [-0.25, -0.2) is 0 Å². The predicted octanol–water partition coefficient (Wildman–Crippen LogP) is 0.0868. The molecule has 3 nitrogen and oxygen atoms in total. The van der Waals surface area contributed by atoms with E-state index in [-0.39, 0.29) is 5.81 Å². The molecule has 0 saturated heterocycles. The van der Waals surface area contributed by atoms with Gasteiger partial charge in [0, 0.05) is 0 Å². The summed E-state index contributed by atoms with van der Waals surface area (Å²) in [5.41, 5.74) is -0.666. The standard InChI is InChI=1S/C7H14BNO2/c1-3-4-7(2,5-10)9-6(8)11/h5H,3-4,8H2,1-2H3,(H,9,11)/t7-/m0/s1. The van der Waals surface area contributed by atoms with Crippen LogP contribution < -0.4 is 5.32 Å². The second-order valence-electron chi connectivity index (χ2n) is 2.97. The Morgan fingerprint density at radius 1 is 1.73 bits per heavy atom. The highest BCUT2D eigenvalue weighted by Crippen LogP contribution is 2.07. The Morgan fingerprint density at radius 2 is 2.27 bits per heavy atom. The second kappa shape index (κ2) is 4.16. The summed E-state index contributed by atoms with van der Waals surface area (Å²) in [6.45, 7) is 3.70. The van der Waals surface area contributed by atoms with Crippen LogP contribution in [0.2, 0.25) is 0 Å². The lowest BCUT2D eigenvalue weighted by molar-refractivity contribution is -0.112. The van der Waals surface area contributed by atoms with E-state index in [1.54, 1.807) is 6.92 Å². The Kier molecular flexibility index (Phi) is 3.86. The molecule has 1 amide bonds. The Morgan fingerprint density at radius 3 is 2.55 bits per heavy atom. The van der Waals surface area contributed by atoms with E-state index in [0.717, 1.165) is 12.7 Å². The van der Waals surface area contributed by atoms with Gasteiger partial charge in [0.25, 0.3) is 0 Å². The molecule has 0 bridgehead atoms. The lowest BCUT2D eigenvalue weighted by Gasteiger charge is -2.23. The zero-order valence-electron chi connectivity index (χ0n) is 7.31. The van der Waals surface area contributed by atoms with E-state index in [9.17, 15) is 9.59 Å². The molecule has 1 atom stereocenters. The van der Waals surface area contributed by atoms with Gasteiger partial charge in [-0.05, 0) is 13.3 Å². The van der Waals surface area contributed by atoms with Crippen molar-refractivity contribution in [1.29, 1.82) is 0 Å². The van der Waals surface area contributed by atoms with Gasteiger partial charge in [0.2, 0.25) is 7.85 Å². The van der Waals surface area contributed by atoms with Crippen molar-refractivity contribution >= 4 is 19.9 Å². The summed E-state index contributed by atoms with van der Waals surface area (Å²) in [5.74, 6) is -0.159. The first-order chi connectivity index (χ1) is 5.04. The normalized spacial score (nSPS) is 15.1. The molecule has 0 aromatic carbocycles. The zero-order chi connectivity index (χ0) is 8.91. The summed E-state index contributed by atoms with van der Waals surface area (Å²) in [4.78, 5) is 21.2. The third-order valence-electron chi connectivity index (χ3n) is 1.49. The fourth-order valence-corrected chi connectivity index (χ4v) is 1.07. The smallest absolute Gasteiger partial charge is 0.215 e. The summed E-state index contributed by atoms with van der Waals surface area (Å²) in [6, 6.07) is 0. The summed E-state index contributed by atoms with van der Waals surface area (Å²) in [7, 11) is 1.41. The molecule has 62 valence electrons. The van der Waals surface area contributed by atoms with Gasteiger partial charge in [-0.2, -0.15) is 0 Å². The topological polar surface area (TPSA) is 46.2 Å². The van der Waals surface area contributed by atoms with E-state index in [0.29, 0.717) is 6.42 Å². The van der Waals surface area contributed by atoms with E-state index in [1.807, 2.05) is 6.92 Å². The average molecular weight is 155 g/mol. The summed E-state index contributed by atoms with van der Waals surface area (Å²) in [6.07, 6.45) is 2.36. The highest BCUT2D eigenvalue weighted by molar-refractivity contribution is 6.57. The Hall–Kier alpha value is -0.795. The van der Waals surface area contributed by atoms with E-state index < -0.39 is 5.54 Å². The molecule has 1 N–H and O–H groups in total. The van der Waals surface area contributed by atoms with Crippen LogP contribution in [0.3, 0.4) is 0 Å². The van der Waals surface area contributed by atoms with Gasteiger partial charge in [-0.15, -0.1) is 0 Å². The maximum Gasteiger partial charge on any atom is 0.215 e. The van der Waals surface area contributed by atoms with Crippen molar-refractivity contribution < 1.29 is 9.59 Å². The maximum absolute atomic E-state index is 10.6. The van der Waals surface area contributed by atoms with Gasteiger partial charge in [0.1, 0.15) is 6.29 Å². The molecular formula is C7H14BNO2. The number of hydrogen-bond donors (Lipinski definition) is 1. The summed E-state index contributed by atoms with van der Waals surface area (Å²) >= 11 is 0. The van der Waals surface area contributed by atoms with Crippen LogP contribution in [0.1, 0.15) is 26.7 Å². The van der Waals surface area contributed by atoms with Crippen LogP contribution in [-0.2, 0) is 4.79 Å². The Bertz CT molecular complexity index is 161. The second-order valence-corrected chi connectivity index (χ2v) is 2.97. The first-order valence-electron chi connectivity index (χ1n) is 3.79. The van der Waals surface area contributed by atoms with Crippen molar-refractivity contribution in [2.24, 2.45) is 0 Å². The third-order valence-corrected chi connectivity index (χ3v) is 1.49. The largest absolute Gasteiger partial charge is 0.353 e. The number of rotatable bonds is 4. The molecule has 0 aromatic rings. The summed E-state index contributed by atoms with van der Waals surface area (Å²) < 4.78 is 0. The van der Waals surface area contributed by atoms with Gasteiger partial charge in [0.05, 0.1) is 5.54 Å². The molecule has 0 heterocycles. The molecule has 0 aliphatic heterocycles. The highest BCUT2D eigenvalue weighted by atomic mass is 16.1. The van der Waals surface area contributed by atoms with Crippen LogP contribution in [0.25, 0.3) is 0 Å². The minimum Gasteiger partial charge on any atom is -0.353 e. The molecule has 0 aliphatic rings. The van der Waals surface area contributed by atoms with Gasteiger partial charge in [0.15, 0.2) is 5.81 Å². The average Bonchev–Trinajstić information content (AvgIpc) is 1.87. The molecule has 0 rings (SSSR count). The zero-order valence-corrected chi connectivity index (χ0v) is 7.31. The van der Waals surface area contributed by atoms with Crippen molar-refractivity contribution in [3.05, 3.63) is 0 Å². The van der Waals surface area contributed by atoms with E-state index in [1.165, 1.54) is 7.85 Å². The lowest BCUT2D eigenvalue weighted by Crippen LogP contribution is -2.46. The first kappa shape index (κ1) is 10.2. The van der Waals surface area contributed by atoms with Crippen LogP contribution in [0.15, 0.2) is 0 Å². The molecule has 0 radical (unpaired) electrons. The van der Waals surface area contributed by atoms with Gasteiger partial charge >= 0.3 is 0 Å². The van der Waals surface area contributed by atoms with Gasteiger partial charge in [-0.3, -0.25) is 4.79 Å². The molecule has 0 aromatic heterocycles. The monoisotopic (exact) mass is 155 g/mol. The molecule has 0 saturated carbocycles. The van der Waals surface area contributed by atoms with E-state index in [2.05, 4.69) is 5.32 Å². The van der Waals surface area contributed by atoms with E-state index >= 15 is 0 Å². The van der Waals surface area contributed by atoms with Crippen LogP contribution in [0.4, 0.5) is 4.79 Å². The fourth-order valence-electron chi connectivity index (χ4n) is 1.07. The van der Waals surface area contributed by atoms with Crippen molar-refractivity contribution in [1.82, 2.24) is 5.32 Å². The number of carbonyl (C=O) groups is 2. The fraction of sp³-hybridized carbons (Fsp3) is 0.714. The number of nitrogens with one attached hydrogen (secondary N) is 1. The Labute approximate surface area is 68.0 Å². The minimum absolute atomic E-state index is 0.159. The molecule has 0 unspecified atom stereocenters. The van der Waals surface area contributed by atoms with Gasteiger partial charge < -0.3 is 10.1 Å². The maximum atomic E-state index is 10.6. The molecular weight excluding hydrogens is 141 g/mol. The first-order valence-corrected chi connectivity index (χ1v) is 3.79. The van der Waals surface area contributed by atoms with Crippen molar-refractivity contribution in [2.75, 3.05) is 0 Å². The van der Waals surface area contributed by atoms with Crippen molar-refractivity contribution in [3.63, 3.8) is 0 Å². The molecule has 0 aliphatic carbocycles. The van der Waals surface area contributed by atoms with Crippen molar-refractivity contribution in [2.45, 2.75) is 32.2 Å². The predicted molar refractivity (Wildman–Crippen MR) is 46.5 cm³/mol. The number of carbonyl (C=O) groups excluding carboxylic acids is 2. The third kappa shape index (κ3) is 3.81. The number of hydrogen-bond acceptors (Lipinski definition) is 2. The van der Waals surface area contributed by atoms with Crippen LogP contribution in [0.5, 0.6) is 0 Å². The number of aldehydes is 1. The quantitative estimate of drug-likeness (QED) is 0.461. The van der Waals surface area contributed by atoms with Crippen LogP contribution >= 0.6 is 0 Å². The summed E-state index contributed by atoms with van der Waals surface area (Å²) in [5, 5.41) is 2.60. The van der Waals surface area contributed by atoms with E-state index in [4.69, 9.17) is 0 Å². The highest BCUT2D eigenvalue weighted by Gasteiger charge is 2.22. The molecule has 4 heteroatoms. The minimum atomic E-state index is -0.666. The van der Waals surface area contributed by atoms with Crippen LogP contribution in [0, 0.1) is 0 Å². The van der Waals surface area contributed by atoms with Crippen molar-refractivity contribution in [3.8, 4) is 0 Å². The Balaban J connectivity index is 4.09.